The molecule has 2 aromatic carbocycles. The average molecular weight is 466 g/mol. The largest absolute Gasteiger partial charge is 0.295 e. The molecule has 0 aliphatic carbocycles. The Balaban J connectivity index is 2.43. The number of nitro groups is 1. The maximum absolute atomic E-state index is 13.6. The zero-order valence-corrected chi connectivity index (χ0v) is 16.8. The predicted molar refractivity (Wildman–Crippen MR) is 101 cm³/mol. The van der Waals surface area contributed by atoms with E-state index in [1.165, 1.54) is 0 Å². The van der Waals surface area contributed by atoms with E-state index in [1.807, 2.05) is 5.43 Å². The first-order chi connectivity index (χ1) is 14.5. The Morgan fingerprint density at radius 3 is 2.03 bits per heavy atom. The van der Waals surface area contributed by atoms with Crippen molar-refractivity contribution >= 4 is 27.6 Å². The van der Waals surface area contributed by atoms with Crippen LogP contribution < -0.4 is 5.43 Å². The zero-order chi connectivity index (χ0) is 23.5. The molecule has 0 unspecified atom stereocenters. The summed E-state index contributed by atoms with van der Waals surface area (Å²) >= 11 is 0. The fraction of sp³-hybridized carbons (Fsp3) is 0.235. The first-order valence-corrected chi connectivity index (χ1v) is 10.00. The number of halogens is 5. The van der Waals surface area contributed by atoms with Crippen molar-refractivity contribution in [3.05, 3.63) is 63.0 Å². The van der Waals surface area contributed by atoms with Gasteiger partial charge in [0, 0.05) is 19.2 Å². The molecule has 0 spiro atoms. The van der Waals surface area contributed by atoms with Crippen molar-refractivity contribution in [2.75, 3.05) is 18.5 Å². The summed E-state index contributed by atoms with van der Waals surface area (Å²) in [5, 5.41) is 14.6. The molecule has 0 amide bonds. The summed E-state index contributed by atoms with van der Waals surface area (Å²) in [5.41, 5.74) is -0.467. The molecule has 0 saturated heterocycles. The minimum Gasteiger partial charge on any atom is -0.272 e. The predicted octanol–water partition coefficient (Wildman–Crippen LogP) is 3.77. The number of hydrazone groups is 1. The average Bonchev–Trinajstić information content (AvgIpc) is 2.73. The number of anilines is 1. The van der Waals surface area contributed by atoms with Crippen LogP contribution in [0.4, 0.5) is 33.3 Å². The Hall–Kier alpha value is -3.13. The van der Waals surface area contributed by atoms with Gasteiger partial charge in [-0.05, 0) is 12.1 Å². The van der Waals surface area contributed by atoms with E-state index < -0.39 is 55.3 Å². The van der Waals surface area contributed by atoms with Gasteiger partial charge in [-0.15, -0.1) is 0 Å². The van der Waals surface area contributed by atoms with Gasteiger partial charge in [-0.2, -0.15) is 9.41 Å². The lowest BCUT2D eigenvalue weighted by atomic mass is 10.2. The van der Waals surface area contributed by atoms with Crippen LogP contribution in [0.1, 0.15) is 19.4 Å². The third-order valence-corrected chi connectivity index (χ3v) is 6.18. The highest BCUT2D eigenvalue weighted by molar-refractivity contribution is 7.89. The van der Waals surface area contributed by atoms with Gasteiger partial charge in [-0.3, -0.25) is 15.5 Å². The number of nitrogens with one attached hydrogen (secondary N) is 1. The van der Waals surface area contributed by atoms with Gasteiger partial charge >= 0.3 is 0 Å². The second kappa shape index (κ2) is 9.34. The second-order valence-corrected chi connectivity index (χ2v) is 7.82. The molecule has 0 aromatic heterocycles. The van der Waals surface area contributed by atoms with Gasteiger partial charge in [-0.25, -0.2) is 30.4 Å². The molecule has 168 valence electrons. The second-order valence-electron chi connectivity index (χ2n) is 5.88. The van der Waals surface area contributed by atoms with Crippen LogP contribution in [0.3, 0.4) is 0 Å². The van der Waals surface area contributed by atoms with Gasteiger partial charge in [0.2, 0.25) is 15.8 Å². The van der Waals surface area contributed by atoms with Crippen LogP contribution in [0.5, 0.6) is 0 Å². The molecule has 14 heteroatoms. The molecule has 0 aliphatic heterocycles. The van der Waals surface area contributed by atoms with Crippen molar-refractivity contribution in [2.24, 2.45) is 5.10 Å². The lowest BCUT2D eigenvalue weighted by Gasteiger charge is -2.18. The van der Waals surface area contributed by atoms with Crippen molar-refractivity contribution in [2.45, 2.75) is 18.7 Å². The van der Waals surface area contributed by atoms with E-state index in [4.69, 9.17) is 0 Å². The van der Waals surface area contributed by atoms with Crippen LogP contribution in [0.15, 0.2) is 28.2 Å². The molecule has 0 atom stereocenters. The maximum atomic E-state index is 13.6. The van der Waals surface area contributed by atoms with Crippen molar-refractivity contribution in [1.29, 1.82) is 0 Å². The molecule has 0 radical (unpaired) electrons. The third-order valence-electron chi connectivity index (χ3n) is 4.13. The van der Waals surface area contributed by atoms with Gasteiger partial charge in [0.05, 0.1) is 21.6 Å². The highest BCUT2D eigenvalue weighted by Crippen LogP contribution is 2.29. The van der Waals surface area contributed by atoms with Crippen LogP contribution in [0.25, 0.3) is 0 Å². The van der Waals surface area contributed by atoms with Crippen LogP contribution in [0, 0.1) is 39.2 Å². The standard InChI is InChI=1S/C17H15F5N4O4S/c1-3-25(4-2)31(29,30)9-5-6-11(12(7-9)26(27)28)24-23-8-10-13(18)15(20)17(22)16(21)14(10)19/h5-8,24H,3-4H2,1-2H3/b23-8+. The normalized spacial score (nSPS) is 12.0. The number of rotatable bonds is 8. The number of nitrogens with zero attached hydrogens (tertiary/aromatic N) is 3. The molecule has 31 heavy (non-hydrogen) atoms. The molecular weight excluding hydrogens is 451 g/mol. The SMILES string of the molecule is CCN(CC)S(=O)(=O)c1ccc(N/N=C/c2c(F)c(F)c(F)c(F)c2F)c([N+](=O)[O-])c1. The van der Waals surface area contributed by atoms with E-state index in [1.54, 1.807) is 13.8 Å². The van der Waals surface area contributed by atoms with E-state index in [0.29, 0.717) is 0 Å². The summed E-state index contributed by atoms with van der Waals surface area (Å²) in [6.45, 7) is 3.41. The highest BCUT2D eigenvalue weighted by atomic mass is 32.2. The number of nitro benzene ring substituents is 1. The summed E-state index contributed by atoms with van der Waals surface area (Å²) in [4.78, 5) is 10.0. The molecule has 0 aliphatic rings. The lowest BCUT2D eigenvalue weighted by molar-refractivity contribution is -0.384. The Labute approximate surface area is 173 Å². The summed E-state index contributed by atoms with van der Waals surface area (Å²) in [6, 6.07) is 2.77. The zero-order valence-electron chi connectivity index (χ0n) is 16.0. The minimum absolute atomic E-state index is 0.124. The smallest absolute Gasteiger partial charge is 0.272 e. The molecule has 1 N–H and O–H groups in total. The quantitative estimate of drug-likeness (QED) is 0.159. The first kappa shape index (κ1) is 24.1. The lowest BCUT2D eigenvalue weighted by Crippen LogP contribution is -2.30. The monoisotopic (exact) mass is 466 g/mol. The summed E-state index contributed by atoms with van der Waals surface area (Å²) < 4.78 is 92.9. The molecule has 2 aromatic rings. The molecule has 0 fully saturated rings. The molecule has 0 heterocycles. The topological polar surface area (TPSA) is 105 Å². The maximum Gasteiger partial charge on any atom is 0.295 e. The van der Waals surface area contributed by atoms with Crippen molar-refractivity contribution < 1.29 is 35.3 Å². The van der Waals surface area contributed by atoms with Gasteiger partial charge in [0.15, 0.2) is 23.3 Å². The first-order valence-electron chi connectivity index (χ1n) is 8.56. The van der Waals surface area contributed by atoms with Gasteiger partial charge in [0.25, 0.3) is 5.69 Å². The number of hydrogen-bond acceptors (Lipinski definition) is 6. The third kappa shape index (κ3) is 4.64. The Kier molecular flexibility index (Phi) is 7.28. The fourth-order valence-corrected chi connectivity index (χ4v) is 4.01. The van der Waals surface area contributed by atoms with Gasteiger partial charge < -0.3 is 0 Å². The molecule has 0 saturated carbocycles. The van der Waals surface area contributed by atoms with E-state index in [2.05, 4.69) is 5.10 Å². The minimum atomic E-state index is -4.02. The molecular formula is C17H15F5N4O4S. The van der Waals surface area contributed by atoms with E-state index in [0.717, 1.165) is 22.5 Å². The van der Waals surface area contributed by atoms with E-state index in [-0.39, 0.29) is 29.9 Å². The molecule has 0 bridgehead atoms. The summed E-state index contributed by atoms with van der Waals surface area (Å²) in [5.74, 6) is -11.0. The number of sulfonamides is 1. The number of hydrogen-bond donors (Lipinski definition) is 1. The Morgan fingerprint density at radius 2 is 1.55 bits per heavy atom. The summed E-state index contributed by atoms with van der Waals surface area (Å²) in [6.07, 6.45) is 0.251. The van der Waals surface area contributed by atoms with Crippen LogP contribution in [-0.4, -0.2) is 37.0 Å². The van der Waals surface area contributed by atoms with E-state index in [9.17, 15) is 40.5 Å². The van der Waals surface area contributed by atoms with Crippen molar-refractivity contribution in [3.8, 4) is 0 Å². The Morgan fingerprint density at radius 1 is 1.03 bits per heavy atom. The van der Waals surface area contributed by atoms with Gasteiger partial charge in [0.1, 0.15) is 5.69 Å². The van der Waals surface area contributed by atoms with Crippen molar-refractivity contribution in [1.82, 2.24) is 4.31 Å². The highest BCUT2D eigenvalue weighted by Gasteiger charge is 2.26. The molecule has 2 rings (SSSR count). The van der Waals surface area contributed by atoms with Crippen LogP contribution in [0.2, 0.25) is 0 Å². The molecule has 8 nitrogen and oxygen atoms in total. The fourth-order valence-electron chi connectivity index (χ4n) is 2.53. The van der Waals surface area contributed by atoms with E-state index >= 15 is 0 Å². The summed E-state index contributed by atoms with van der Waals surface area (Å²) in [7, 11) is -4.02. The van der Waals surface area contributed by atoms with Crippen LogP contribution >= 0.6 is 0 Å². The number of benzene rings is 2. The van der Waals surface area contributed by atoms with Gasteiger partial charge in [-0.1, -0.05) is 13.8 Å². The Bertz CT molecular complexity index is 1120. The van der Waals surface area contributed by atoms with Crippen LogP contribution in [-0.2, 0) is 10.0 Å². The van der Waals surface area contributed by atoms with Crippen molar-refractivity contribution in [3.63, 3.8) is 0 Å².